The molecule has 0 aliphatic rings. The van der Waals surface area contributed by atoms with Gasteiger partial charge in [-0.1, -0.05) is 47.5 Å². The highest BCUT2D eigenvalue weighted by Crippen LogP contribution is 2.37. The Balaban J connectivity index is 1.66. The molecule has 4 aromatic rings. The van der Waals surface area contributed by atoms with Crippen LogP contribution in [0.2, 0.25) is 10.0 Å². The van der Waals surface area contributed by atoms with Crippen molar-refractivity contribution in [1.29, 1.82) is 0 Å². The van der Waals surface area contributed by atoms with E-state index in [0.717, 1.165) is 22.9 Å². The lowest BCUT2D eigenvalue weighted by Crippen LogP contribution is -2.04. The zero-order valence-electron chi connectivity index (χ0n) is 22.3. The molecule has 0 unspecified atom stereocenters. The molecule has 0 amide bonds. The summed E-state index contributed by atoms with van der Waals surface area (Å²) in [5.74, 6) is 0.828. The van der Waals surface area contributed by atoms with Crippen molar-refractivity contribution >= 4 is 47.0 Å². The van der Waals surface area contributed by atoms with Gasteiger partial charge in [0.15, 0.2) is 17.3 Å². The molecule has 0 fully saturated rings. The lowest BCUT2D eigenvalue weighted by atomic mass is 10.0. The maximum absolute atomic E-state index is 12.2. The Hall–Kier alpha value is -3.92. The van der Waals surface area contributed by atoms with Crippen LogP contribution in [-0.2, 0) is 17.8 Å². The van der Waals surface area contributed by atoms with Crippen LogP contribution < -0.4 is 14.2 Å². The number of hydrogen-bond acceptors (Lipinski definition) is 7. The molecule has 0 radical (unpaired) electrons. The van der Waals surface area contributed by atoms with Gasteiger partial charge in [0.2, 0.25) is 5.16 Å². The van der Waals surface area contributed by atoms with E-state index in [4.69, 9.17) is 37.4 Å². The standard InChI is InChI=1S/C30H27Cl2N3O5S/c1-4-8-19-13-18(14-25(39-5-2)27(19)40-17-20-9-6-7-10-23(20)32)15-26(29(36)37)41-30-33-28(34-35-30)22-16-21(31)11-12-24(22)38-3/h4,6-7,9-16H,1,5,8,17H2,2-3H3,(H,36,37)(H,33,34,35)/b26-15+. The molecule has 0 bridgehead atoms. The fourth-order valence-corrected chi connectivity index (χ4v) is 5.00. The van der Waals surface area contributed by atoms with Gasteiger partial charge in [-0.15, -0.1) is 11.7 Å². The number of thioether (sulfide) groups is 1. The number of methoxy groups -OCH3 is 1. The van der Waals surface area contributed by atoms with Gasteiger partial charge in [-0.3, -0.25) is 5.10 Å². The van der Waals surface area contributed by atoms with E-state index in [1.54, 1.807) is 36.4 Å². The Bertz CT molecular complexity index is 1590. The Labute approximate surface area is 252 Å². The van der Waals surface area contributed by atoms with Gasteiger partial charge in [-0.2, -0.15) is 0 Å². The minimum atomic E-state index is -1.14. The molecule has 11 heteroatoms. The van der Waals surface area contributed by atoms with Crippen molar-refractivity contribution in [3.63, 3.8) is 0 Å². The number of aromatic amines is 1. The first-order valence-electron chi connectivity index (χ1n) is 12.5. The van der Waals surface area contributed by atoms with Crippen molar-refractivity contribution in [1.82, 2.24) is 15.2 Å². The molecular formula is C30H27Cl2N3O5S. The Morgan fingerprint density at radius 3 is 2.61 bits per heavy atom. The summed E-state index contributed by atoms with van der Waals surface area (Å²) >= 11 is 13.4. The van der Waals surface area contributed by atoms with Crippen molar-refractivity contribution in [2.45, 2.75) is 25.1 Å². The number of ether oxygens (including phenoxy) is 3. The molecule has 0 spiro atoms. The first-order chi connectivity index (χ1) is 19.8. The summed E-state index contributed by atoms with van der Waals surface area (Å²) in [6, 6.07) is 16.1. The largest absolute Gasteiger partial charge is 0.496 e. The molecule has 0 aliphatic heterocycles. The second kappa shape index (κ2) is 14.1. The molecule has 212 valence electrons. The molecule has 1 heterocycles. The molecule has 3 aromatic carbocycles. The lowest BCUT2D eigenvalue weighted by Gasteiger charge is -2.17. The van der Waals surface area contributed by atoms with Gasteiger partial charge in [0.25, 0.3) is 0 Å². The third kappa shape index (κ3) is 7.64. The normalized spacial score (nSPS) is 11.3. The number of allylic oxidation sites excluding steroid dienone is 1. The summed E-state index contributed by atoms with van der Waals surface area (Å²) < 4.78 is 17.5. The van der Waals surface area contributed by atoms with Crippen LogP contribution >= 0.6 is 35.0 Å². The number of carboxylic acid groups (broad SMARTS) is 1. The van der Waals surface area contributed by atoms with E-state index in [1.807, 2.05) is 31.2 Å². The van der Waals surface area contributed by atoms with Crippen molar-refractivity contribution < 1.29 is 24.1 Å². The second-order valence-corrected chi connectivity index (χ2v) is 10.4. The number of aromatic nitrogens is 3. The summed E-state index contributed by atoms with van der Waals surface area (Å²) in [5.41, 5.74) is 2.82. The van der Waals surface area contributed by atoms with Gasteiger partial charge in [0.1, 0.15) is 17.3 Å². The predicted octanol–water partition coefficient (Wildman–Crippen LogP) is 7.71. The third-order valence-corrected chi connectivity index (χ3v) is 7.22. The Morgan fingerprint density at radius 2 is 1.90 bits per heavy atom. The molecule has 8 nitrogen and oxygen atoms in total. The molecule has 1 aromatic heterocycles. The fourth-order valence-electron chi connectivity index (χ4n) is 3.93. The monoisotopic (exact) mass is 611 g/mol. The van der Waals surface area contributed by atoms with Gasteiger partial charge >= 0.3 is 5.97 Å². The molecule has 0 saturated carbocycles. The van der Waals surface area contributed by atoms with Crippen LogP contribution in [0.1, 0.15) is 23.6 Å². The number of benzene rings is 3. The van der Waals surface area contributed by atoms with Crippen LogP contribution in [0.4, 0.5) is 0 Å². The number of H-pyrrole nitrogens is 1. The number of nitrogens with one attached hydrogen (secondary N) is 1. The van der Waals surface area contributed by atoms with Crippen LogP contribution in [0, 0.1) is 0 Å². The molecule has 4 rings (SSSR count). The van der Waals surface area contributed by atoms with Gasteiger partial charge in [0.05, 0.1) is 19.3 Å². The number of carbonyl (C=O) groups is 1. The highest BCUT2D eigenvalue weighted by Gasteiger charge is 2.19. The number of rotatable bonds is 13. The van der Waals surface area contributed by atoms with Crippen molar-refractivity contribution in [3.8, 4) is 28.6 Å². The zero-order chi connectivity index (χ0) is 29.4. The first kappa shape index (κ1) is 30.0. The maximum Gasteiger partial charge on any atom is 0.342 e. The van der Waals surface area contributed by atoms with E-state index in [-0.39, 0.29) is 16.7 Å². The van der Waals surface area contributed by atoms with Gasteiger partial charge in [-0.25, -0.2) is 9.78 Å². The number of halogens is 2. The zero-order valence-corrected chi connectivity index (χ0v) is 24.6. The highest BCUT2D eigenvalue weighted by molar-refractivity contribution is 8.04. The van der Waals surface area contributed by atoms with Crippen LogP contribution in [0.15, 0.2) is 77.3 Å². The van der Waals surface area contributed by atoms with E-state index in [1.165, 1.54) is 13.2 Å². The van der Waals surface area contributed by atoms with E-state index in [9.17, 15) is 9.90 Å². The minimum Gasteiger partial charge on any atom is -0.496 e. The van der Waals surface area contributed by atoms with Gasteiger partial charge < -0.3 is 19.3 Å². The van der Waals surface area contributed by atoms with E-state index in [0.29, 0.717) is 57.3 Å². The fraction of sp³-hybridized carbons (Fsp3) is 0.167. The first-order valence-corrected chi connectivity index (χ1v) is 14.1. The van der Waals surface area contributed by atoms with Gasteiger partial charge in [0, 0.05) is 21.2 Å². The van der Waals surface area contributed by atoms with Gasteiger partial charge in [-0.05, 0) is 73.1 Å². The van der Waals surface area contributed by atoms with Crippen molar-refractivity contribution in [2.75, 3.05) is 13.7 Å². The van der Waals surface area contributed by atoms with Crippen LogP contribution in [0.3, 0.4) is 0 Å². The van der Waals surface area contributed by atoms with Crippen LogP contribution in [-0.4, -0.2) is 40.0 Å². The number of hydrogen-bond donors (Lipinski definition) is 2. The summed E-state index contributed by atoms with van der Waals surface area (Å²) in [6.07, 6.45) is 3.75. The molecule has 2 N–H and O–H groups in total. The third-order valence-electron chi connectivity index (χ3n) is 5.74. The van der Waals surface area contributed by atoms with E-state index in [2.05, 4.69) is 21.8 Å². The highest BCUT2D eigenvalue weighted by atomic mass is 35.5. The summed E-state index contributed by atoms with van der Waals surface area (Å²) in [5, 5.41) is 18.3. The maximum atomic E-state index is 12.2. The average molecular weight is 613 g/mol. The lowest BCUT2D eigenvalue weighted by molar-refractivity contribution is -0.131. The van der Waals surface area contributed by atoms with Crippen molar-refractivity contribution in [2.24, 2.45) is 0 Å². The minimum absolute atomic E-state index is 0.00495. The summed E-state index contributed by atoms with van der Waals surface area (Å²) in [4.78, 5) is 16.7. The topological polar surface area (TPSA) is 107 Å². The second-order valence-electron chi connectivity index (χ2n) is 8.54. The van der Waals surface area contributed by atoms with Crippen LogP contribution in [0.25, 0.3) is 17.5 Å². The Kier molecular flexibility index (Phi) is 10.3. The smallest absolute Gasteiger partial charge is 0.342 e. The number of nitrogens with zero attached hydrogens (tertiary/aromatic N) is 2. The number of carboxylic acids is 1. The average Bonchev–Trinajstić information content (AvgIpc) is 3.42. The quantitative estimate of drug-likeness (QED) is 0.0899. The SMILES string of the molecule is C=CCc1cc(/C=C(/Sc2n[nH]c(-c3cc(Cl)ccc3OC)n2)C(=O)O)cc(OCC)c1OCc1ccccc1Cl. The number of aliphatic carboxylic acids is 1. The predicted molar refractivity (Wildman–Crippen MR) is 162 cm³/mol. The molecule has 41 heavy (non-hydrogen) atoms. The molecular weight excluding hydrogens is 585 g/mol. The molecule has 0 atom stereocenters. The molecule has 0 saturated heterocycles. The summed E-state index contributed by atoms with van der Waals surface area (Å²) in [7, 11) is 1.54. The van der Waals surface area contributed by atoms with Crippen molar-refractivity contribution in [3.05, 3.63) is 98.9 Å². The van der Waals surface area contributed by atoms with Crippen LogP contribution in [0.5, 0.6) is 17.2 Å². The summed E-state index contributed by atoms with van der Waals surface area (Å²) in [6.45, 7) is 6.34. The van der Waals surface area contributed by atoms with E-state index < -0.39 is 5.97 Å². The van der Waals surface area contributed by atoms with E-state index >= 15 is 0 Å². The Morgan fingerprint density at radius 1 is 1.10 bits per heavy atom. The molecule has 0 aliphatic carbocycles.